The lowest BCUT2D eigenvalue weighted by molar-refractivity contribution is -0.116. The third kappa shape index (κ3) is 5.31. The monoisotopic (exact) mass is 376 g/mol. The molecule has 2 aromatic rings. The van der Waals surface area contributed by atoms with E-state index in [1.807, 2.05) is 37.3 Å². The van der Waals surface area contributed by atoms with Crippen LogP contribution in [0.15, 0.2) is 54.6 Å². The van der Waals surface area contributed by atoms with Crippen LogP contribution in [0.3, 0.4) is 0 Å². The van der Waals surface area contributed by atoms with Gasteiger partial charge in [0.1, 0.15) is 5.75 Å². The Bertz CT molecular complexity index is 838. The normalized spacial score (nSPS) is 12.6. The Labute approximate surface area is 154 Å². The molecule has 6 nitrogen and oxygen atoms in total. The van der Waals surface area contributed by atoms with E-state index in [-0.39, 0.29) is 24.9 Å². The summed E-state index contributed by atoms with van der Waals surface area (Å²) in [5.74, 6) is 0.280. The molecule has 1 amide bonds. The number of rotatable bonds is 8. The number of ether oxygens (including phenoxy) is 1. The van der Waals surface area contributed by atoms with E-state index >= 15 is 0 Å². The van der Waals surface area contributed by atoms with Crippen molar-refractivity contribution in [3.05, 3.63) is 60.2 Å². The summed E-state index contributed by atoms with van der Waals surface area (Å²) in [5.41, 5.74) is 1.44. The molecule has 0 saturated carbocycles. The zero-order chi connectivity index (χ0) is 19.2. The number of para-hydroxylation sites is 2. The summed E-state index contributed by atoms with van der Waals surface area (Å²) in [5, 5.41) is 2.76. The number of hydrogen-bond donors (Lipinski definition) is 1. The molecule has 0 saturated heterocycles. The molecule has 0 heterocycles. The summed E-state index contributed by atoms with van der Waals surface area (Å²) in [6.45, 7) is 1.91. The van der Waals surface area contributed by atoms with Gasteiger partial charge in [-0.15, -0.1) is 0 Å². The highest BCUT2D eigenvalue weighted by Crippen LogP contribution is 2.25. The minimum Gasteiger partial charge on any atom is -0.495 e. The number of carbonyl (C=O) groups excluding carboxylic acids is 1. The number of benzene rings is 2. The highest BCUT2D eigenvalue weighted by Gasteiger charge is 2.25. The molecule has 0 aliphatic carbocycles. The van der Waals surface area contributed by atoms with Crippen molar-refractivity contribution in [2.24, 2.45) is 0 Å². The Morgan fingerprint density at radius 3 is 2.35 bits per heavy atom. The van der Waals surface area contributed by atoms with Crippen molar-refractivity contribution in [3.63, 3.8) is 0 Å². The van der Waals surface area contributed by atoms with Gasteiger partial charge in [-0.05, 0) is 24.6 Å². The van der Waals surface area contributed by atoms with Crippen LogP contribution in [0.1, 0.15) is 24.9 Å². The van der Waals surface area contributed by atoms with E-state index in [1.54, 1.807) is 24.3 Å². The number of anilines is 1. The number of nitrogens with one attached hydrogen (secondary N) is 1. The summed E-state index contributed by atoms with van der Waals surface area (Å²) in [7, 11) is -1.94. The number of hydrogen-bond acceptors (Lipinski definition) is 4. The first-order valence-electron chi connectivity index (χ1n) is 8.27. The molecule has 1 N–H and O–H groups in total. The zero-order valence-corrected chi connectivity index (χ0v) is 16.0. The van der Waals surface area contributed by atoms with E-state index in [2.05, 4.69) is 5.32 Å². The van der Waals surface area contributed by atoms with Gasteiger partial charge in [-0.3, -0.25) is 4.79 Å². The topological polar surface area (TPSA) is 75.7 Å². The third-order valence-corrected chi connectivity index (χ3v) is 5.43. The summed E-state index contributed by atoms with van der Waals surface area (Å²) < 4.78 is 30.9. The van der Waals surface area contributed by atoms with Crippen molar-refractivity contribution < 1.29 is 17.9 Å². The molecule has 1 unspecified atom stereocenters. The molecule has 0 aliphatic rings. The quantitative estimate of drug-likeness (QED) is 0.768. The maximum atomic E-state index is 12.3. The number of sulfonamides is 1. The van der Waals surface area contributed by atoms with Crippen LogP contribution in [0.25, 0.3) is 0 Å². The lowest BCUT2D eigenvalue weighted by atomic mass is 10.1. The Morgan fingerprint density at radius 1 is 1.12 bits per heavy atom. The minimum absolute atomic E-state index is 0.0439. The second kappa shape index (κ2) is 8.82. The van der Waals surface area contributed by atoms with Crippen LogP contribution in [0.5, 0.6) is 5.75 Å². The van der Waals surface area contributed by atoms with Gasteiger partial charge < -0.3 is 10.1 Å². The molecular weight excluding hydrogens is 352 g/mol. The standard InChI is InChI=1S/C19H24N2O4S/c1-15(16-9-5-4-6-10-16)21(26(3,23)24)14-13-19(22)20-17-11-7-8-12-18(17)25-2/h4-12,15H,13-14H2,1-3H3,(H,20,22). The highest BCUT2D eigenvalue weighted by molar-refractivity contribution is 7.88. The number of carbonyl (C=O) groups is 1. The fourth-order valence-corrected chi connectivity index (χ4v) is 3.84. The molecule has 26 heavy (non-hydrogen) atoms. The van der Waals surface area contributed by atoms with Crippen LogP contribution in [0, 0.1) is 0 Å². The molecule has 0 aliphatic heterocycles. The van der Waals surface area contributed by atoms with Crippen molar-refractivity contribution in [1.82, 2.24) is 4.31 Å². The van der Waals surface area contributed by atoms with E-state index in [0.717, 1.165) is 11.8 Å². The fourth-order valence-electron chi connectivity index (χ4n) is 2.72. The van der Waals surface area contributed by atoms with Crippen LogP contribution in [0.4, 0.5) is 5.69 Å². The van der Waals surface area contributed by atoms with Gasteiger partial charge in [-0.1, -0.05) is 42.5 Å². The largest absolute Gasteiger partial charge is 0.495 e. The number of nitrogens with zero attached hydrogens (tertiary/aromatic N) is 1. The number of amides is 1. The summed E-state index contributed by atoms with van der Waals surface area (Å²) >= 11 is 0. The predicted molar refractivity (Wildman–Crippen MR) is 103 cm³/mol. The summed E-state index contributed by atoms with van der Waals surface area (Å²) in [6.07, 6.45) is 1.20. The van der Waals surface area contributed by atoms with Gasteiger partial charge >= 0.3 is 0 Å². The van der Waals surface area contributed by atoms with E-state index < -0.39 is 10.0 Å². The molecule has 0 aromatic heterocycles. The molecule has 1 atom stereocenters. The Morgan fingerprint density at radius 2 is 1.73 bits per heavy atom. The Balaban J connectivity index is 2.07. The van der Waals surface area contributed by atoms with Gasteiger partial charge in [0.25, 0.3) is 0 Å². The van der Waals surface area contributed by atoms with Gasteiger partial charge in [-0.2, -0.15) is 4.31 Å². The minimum atomic E-state index is -3.47. The van der Waals surface area contributed by atoms with Crippen LogP contribution < -0.4 is 10.1 Å². The molecular formula is C19H24N2O4S. The maximum absolute atomic E-state index is 12.3. The van der Waals surface area contributed by atoms with E-state index in [1.165, 1.54) is 11.4 Å². The number of methoxy groups -OCH3 is 1. The van der Waals surface area contributed by atoms with Gasteiger partial charge in [0.15, 0.2) is 0 Å². The smallest absolute Gasteiger partial charge is 0.225 e. The maximum Gasteiger partial charge on any atom is 0.225 e. The molecule has 140 valence electrons. The summed E-state index contributed by atoms with van der Waals surface area (Å²) in [6, 6.07) is 16.1. The lowest BCUT2D eigenvalue weighted by Crippen LogP contribution is -2.35. The van der Waals surface area contributed by atoms with E-state index in [0.29, 0.717) is 11.4 Å². The molecule has 2 aromatic carbocycles. The van der Waals surface area contributed by atoms with Crippen molar-refractivity contribution in [3.8, 4) is 5.75 Å². The van der Waals surface area contributed by atoms with Crippen LogP contribution >= 0.6 is 0 Å². The van der Waals surface area contributed by atoms with Crippen molar-refractivity contribution >= 4 is 21.6 Å². The Hall–Kier alpha value is -2.38. The molecule has 0 radical (unpaired) electrons. The van der Waals surface area contributed by atoms with Crippen LogP contribution in [-0.4, -0.2) is 38.5 Å². The van der Waals surface area contributed by atoms with Gasteiger partial charge in [-0.25, -0.2) is 8.42 Å². The highest BCUT2D eigenvalue weighted by atomic mass is 32.2. The lowest BCUT2D eigenvalue weighted by Gasteiger charge is -2.27. The average molecular weight is 376 g/mol. The van der Waals surface area contributed by atoms with Crippen molar-refractivity contribution in [1.29, 1.82) is 0 Å². The SMILES string of the molecule is COc1ccccc1NC(=O)CCN(C(C)c1ccccc1)S(C)(=O)=O. The fraction of sp³-hybridized carbons (Fsp3) is 0.316. The van der Waals surface area contributed by atoms with Gasteiger partial charge in [0.05, 0.1) is 19.1 Å². The Kier molecular flexibility index (Phi) is 6.76. The van der Waals surface area contributed by atoms with E-state index in [9.17, 15) is 13.2 Å². The predicted octanol–water partition coefficient (Wildman–Crippen LogP) is 3.05. The second-order valence-electron chi connectivity index (χ2n) is 5.96. The molecule has 0 spiro atoms. The summed E-state index contributed by atoms with van der Waals surface area (Å²) in [4.78, 5) is 12.3. The molecule has 0 bridgehead atoms. The first-order valence-corrected chi connectivity index (χ1v) is 10.1. The zero-order valence-electron chi connectivity index (χ0n) is 15.2. The van der Waals surface area contributed by atoms with Crippen molar-refractivity contribution in [2.75, 3.05) is 25.2 Å². The van der Waals surface area contributed by atoms with Crippen LogP contribution in [-0.2, 0) is 14.8 Å². The van der Waals surface area contributed by atoms with Gasteiger partial charge in [0, 0.05) is 19.0 Å². The van der Waals surface area contributed by atoms with Crippen LogP contribution in [0.2, 0.25) is 0 Å². The third-order valence-electron chi connectivity index (χ3n) is 4.08. The van der Waals surface area contributed by atoms with Gasteiger partial charge in [0.2, 0.25) is 15.9 Å². The molecule has 7 heteroatoms. The first kappa shape index (κ1) is 19.9. The van der Waals surface area contributed by atoms with E-state index in [4.69, 9.17) is 4.74 Å². The molecule has 0 fully saturated rings. The molecule has 2 rings (SSSR count). The second-order valence-corrected chi connectivity index (χ2v) is 7.89. The first-order chi connectivity index (χ1) is 12.3. The van der Waals surface area contributed by atoms with Crippen molar-refractivity contribution in [2.45, 2.75) is 19.4 Å². The average Bonchev–Trinajstić information content (AvgIpc) is 2.61.